The number of aromatic nitrogens is 1. The third-order valence-electron chi connectivity index (χ3n) is 18.2. The number of aromatic carboxylic acids is 1. The number of nitrogens with zero attached hydrogens (tertiary/aromatic N) is 1. The van der Waals surface area contributed by atoms with E-state index in [1.54, 1.807) is 12.1 Å². The molecule has 2 saturated carbocycles. The van der Waals surface area contributed by atoms with Crippen molar-refractivity contribution in [3.05, 3.63) is 66.2 Å². The zero-order valence-corrected chi connectivity index (χ0v) is 41.7. The van der Waals surface area contributed by atoms with E-state index >= 15 is 9.59 Å². The van der Waals surface area contributed by atoms with Crippen LogP contribution in [0.4, 0.5) is 11.4 Å². The number of amides is 6. The molecule has 2 aliphatic carbocycles. The average molecular weight is 928 g/mol. The Kier molecular flexibility index (Phi) is 11.7. The molecule has 2 unspecified atom stereocenters. The maximum atomic E-state index is 15.2. The summed E-state index contributed by atoms with van der Waals surface area (Å²) in [5, 5.41) is 23.4. The Morgan fingerprint density at radius 2 is 0.853 bits per heavy atom. The lowest BCUT2D eigenvalue weighted by Crippen LogP contribution is -2.68. The van der Waals surface area contributed by atoms with E-state index in [0.717, 1.165) is 11.0 Å². The average Bonchev–Trinajstić information content (AvgIpc) is 3.59. The molecule has 8 rings (SSSR count). The summed E-state index contributed by atoms with van der Waals surface area (Å²) in [6, 6.07) is 17.8. The number of nitrogens with one attached hydrogen (secondary N) is 4. The summed E-state index contributed by atoms with van der Waals surface area (Å²) in [7, 11) is 0. The van der Waals surface area contributed by atoms with Crippen LogP contribution in [0.2, 0.25) is 0 Å². The van der Waals surface area contributed by atoms with Gasteiger partial charge in [-0.05, 0) is 129 Å². The Balaban J connectivity index is 1.24. The van der Waals surface area contributed by atoms with Crippen molar-refractivity contribution in [1.82, 2.24) is 15.2 Å². The van der Waals surface area contributed by atoms with Crippen LogP contribution in [0.15, 0.2) is 60.7 Å². The highest BCUT2D eigenvalue weighted by Gasteiger charge is 2.69. The van der Waals surface area contributed by atoms with Crippen LogP contribution in [0.25, 0.3) is 27.5 Å². The van der Waals surface area contributed by atoms with Gasteiger partial charge in [-0.1, -0.05) is 89.2 Å². The monoisotopic (exact) mass is 928 g/mol. The number of carboxylic acids is 1. The van der Waals surface area contributed by atoms with Crippen molar-refractivity contribution in [2.24, 2.45) is 68.0 Å². The van der Waals surface area contributed by atoms with Crippen molar-refractivity contribution in [2.75, 3.05) is 10.6 Å². The van der Waals surface area contributed by atoms with Crippen molar-refractivity contribution in [3.8, 4) is 5.69 Å². The number of rotatable bonds is 12. The van der Waals surface area contributed by atoms with Gasteiger partial charge in [-0.25, -0.2) is 4.79 Å². The fraction of sp³-hybridized carbons (Fsp3) is 0.545. The molecule has 0 spiro atoms. The molecule has 68 heavy (non-hydrogen) atoms. The molecular formula is C55H69N5O8. The molecule has 362 valence electrons. The van der Waals surface area contributed by atoms with Crippen molar-refractivity contribution in [2.45, 2.75) is 122 Å². The van der Waals surface area contributed by atoms with Crippen molar-refractivity contribution in [3.63, 3.8) is 0 Å². The number of hydrogen-bond acceptors (Lipinski definition) is 7. The molecule has 3 heterocycles. The molecular weight excluding hydrogens is 859 g/mol. The highest BCUT2D eigenvalue weighted by Crippen LogP contribution is 2.66. The number of benzene rings is 3. The van der Waals surface area contributed by atoms with Gasteiger partial charge in [0.2, 0.25) is 35.4 Å². The van der Waals surface area contributed by atoms with E-state index in [1.165, 1.54) is 6.07 Å². The van der Waals surface area contributed by atoms with Gasteiger partial charge in [0.1, 0.15) is 0 Å². The first kappa shape index (κ1) is 48.6. The van der Waals surface area contributed by atoms with Gasteiger partial charge in [0.25, 0.3) is 0 Å². The first-order chi connectivity index (χ1) is 31.8. The second-order valence-electron chi connectivity index (χ2n) is 23.1. The summed E-state index contributed by atoms with van der Waals surface area (Å²) in [5.74, 6) is -3.91. The lowest BCUT2D eigenvalue weighted by Gasteiger charge is -2.60. The molecule has 4 aliphatic rings. The molecule has 4 bridgehead atoms. The molecule has 1 aromatic heterocycles. The van der Waals surface area contributed by atoms with E-state index in [1.807, 2.05) is 130 Å². The molecule has 6 atom stereocenters. The number of carbonyl (C=O) groups is 7. The predicted octanol–water partition coefficient (Wildman–Crippen LogP) is 9.89. The van der Waals surface area contributed by atoms with E-state index in [0.29, 0.717) is 40.7 Å². The number of fused-ring (bicyclic) bond motifs is 7. The Morgan fingerprint density at radius 3 is 1.16 bits per heavy atom. The van der Waals surface area contributed by atoms with E-state index in [4.69, 9.17) is 0 Å². The first-order valence-corrected chi connectivity index (χ1v) is 24.5. The Labute approximate surface area is 399 Å². The molecule has 6 amide bonds. The zero-order valence-electron chi connectivity index (χ0n) is 41.7. The van der Waals surface area contributed by atoms with Crippen LogP contribution >= 0.6 is 0 Å². The standard InChI is InChI=1S/C55H69N5O8/c1-29(2)50(23-52(31(5)6)27-53(24-50,32(7)8)47(66)58-46(52)65)44(63)56-36-16-18-41-39(21-36)40-22-37(17-19-42(40)60(41)38-15-13-14-35(20-38)43(61)62)57-45(64)51(30(3)4)25-54(33(9)10)28-55(26-51,34(11)12)49(68)59-48(54)67/h13-22,29-34H,23-28H2,1-12H3,(H,56,63)(H,57,64)(H,61,62)(H,58,65,66)(H,59,67,68)/t50?,51?,52-,53+,54-,55+. The van der Waals surface area contributed by atoms with Gasteiger partial charge >= 0.3 is 5.97 Å². The summed E-state index contributed by atoms with van der Waals surface area (Å²) in [5.41, 5.74) is -2.75. The molecule has 0 radical (unpaired) electrons. The van der Waals surface area contributed by atoms with Gasteiger partial charge in [0.05, 0.1) is 49.1 Å². The fourth-order valence-corrected chi connectivity index (χ4v) is 13.2. The van der Waals surface area contributed by atoms with Gasteiger partial charge in [0, 0.05) is 27.8 Å². The first-order valence-electron chi connectivity index (χ1n) is 24.5. The lowest BCUT2D eigenvalue weighted by molar-refractivity contribution is -0.181. The quantitative estimate of drug-likeness (QED) is 0.0867. The van der Waals surface area contributed by atoms with Gasteiger partial charge < -0.3 is 20.3 Å². The van der Waals surface area contributed by atoms with E-state index in [9.17, 15) is 29.1 Å². The minimum Gasteiger partial charge on any atom is -0.478 e. The zero-order chi connectivity index (χ0) is 49.8. The Hall–Kier alpha value is -5.85. The molecule has 13 heteroatoms. The number of imide groups is 2. The topological polar surface area (TPSA) is 193 Å². The van der Waals surface area contributed by atoms with Crippen LogP contribution in [-0.2, 0) is 28.8 Å². The molecule has 2 saturated heterocycles. The minimum absolute atomic E-state index is 0.105. The maximum Gasteiger partial charge on any atom is 0.335 e. The van der Waals surface area contributed by atoms with Gasteiger partial charge in [-0.3, -0.25) is 39.4 Å². The number of piperidine rings is 2. The number of anilines is 2. The van der Waals surface area contributed by atoms with Crippen LogP contribution in [0, 0.1) is 68.0 Å². The van der Waals surface area contributed by atoms with Crippen LogP contribution in [-0.4, -0.2) is 51.1 Å². The number of hydrogen-bond donors (Lipinski definition) is 5. The molecule has 13 nitrogen and oxygen atoms in total. The van der Waals surface area contributed by atoms with E-state index in [-0.39, 0.29) is 102 Å². The summed E-state index contributed by atoms with van der Waals surface area (Å²) >= 11 is 0. The van der Waals surface area contributed by atoms with Crippen LogP contribution in [0.5, 0.6) is 0 Å². The molecule has 4 aromatic rings. The summed E-state index contributed by atoms with van der Waals surface area (Å²) in [4.78, 5) is 98.2. The number of carboxylic acid groups (broad SMARTS) is 1. The minimum atomic E-state index is -1.07. The van der Waals surface area contributed by atoms with Crippen LogP contribution < -0.4 is 21.3 Å². The molecule has 2 aliphatic heterocycles. The van der Waals surface area contributed by atoms with Gasteiger partial charge in [0.15, 0.2) is 0 Å². The van der Waals surface area contributed by atoms with Gasteiger partial charge in [-0.2, -0.15) is 0 Å². The SMILES string of the molecule is CC(C)C1(C(=O)Nc2ccc3c(c2)c2cc(NC(=O)C4(C(C)C)C[C@]5(C(C)C)C[C@](C(C)C)(C4)C(=O)NC5=O)ccc2n3-c2cccc(C(=O)O)c2)C[C@]2(C(C)C)C[C@](C(C)C)(C1)C(=O)NC2=O. The van der Waals surface area contributed by atoms with Crippen LogP contribution in [0.3, 0.4) is 0 Å². The third kappa shape index (κ3) is 6.94. The lowest BCUT2D eigenvalue weighted by atomic mass is 9.43. The summed E-state index contributed by atoms with van der Waals surface area (Å²) in [6.07, 6.45) is 1.91. The smallest absolute Gasteiger partial charge is 0.335 e. The van der Waals surface area contributed by atoms with Crippen molar-refractivity contribution >= 4 is 74.6 Å². The van der Waals surface area contributed by atoms with Crippen LogP contribution in [0.1, 0.15) is 132 Å². The normalized spacial score (nSPS) is 29.4. The largest absolute Gasteiger partial charge is 0.478 e. The number of carbonyl (C=O) groups excluding carboxylic acids is 6. The Morgan fingerprint density at radius 1 is 0.500 bits per heavy atom. The molecule has 3 aromatic carbocycles. The van der Waals surface area contributed by atoms with Crippen molar-refractivity contribution in [1.29, 1.82) is 0 Å². The van der Waals surface area contributed by atoms with E-state index in [2.05, 4.69) is 21.3 Å². The highest BCUT2D eigenvalue weighted by molar-refractivity contribution is 6.14. The third-order valence-corrected chi connectivity index (χ3v) is 18.2. The van der Waals surface area contributed by atoms with Gasteiger partial charge in [-0.15, -0.1) is 0 Å². The predicted molar refractivity (Wildman–Crippen MR) is 263 cm³/mol. The maximum absolute atomic E-state index is 15.2. The Bertz CT molecular complexity index is 2590. The van der Waals surface area contributed by atoms with E-state index < -0.39 is 38.5 Å². The fourth-order valence-electron chi connectivity index (χ4n) is 13.2. The molecule has 4 fully saturated rings. The highest BCUT2D eigenvalue weighted by atomic mass is 16.4. The van der Waals surface area contributed by atoms with Crippen molar-refractivity contribution < 1.29 is 38.7 Å². The second-order valence-corrected chi connectivity index (χ2v) is 23.1. The second kappa shape index (κ2) is 16.4. The molecule has 5 N–H and O–H groups in total. The summed E-state index contributed by atoms with van der Waals surface area (Å²) in [6.45, 7) is 23.9. The summed E-state index contributed by atoms with van der Waals surface area (Å²) < 4.78 is 1.95.